The molecular weight excluding hydrogens is 298 g/mol. The van der Waals surface area contributed by atoms with Crippen molar-refractivity contribution in [2.24, 2.45) is 14.1 Å². The molecule has 4 heteroatoms. The zero-order valence-corrected chi connectivity index (χ0v) is 14.4. The predicted octanol–water partition coefficient (Wildman–Crippen LogP) is 2.88. The van der Waals surface area contributed by atoms with Crippen molar-refractivity contribution < 1.29 is 4.79 Å². The lowest BCUT2D eigenvalue weighted by molar-refractivity contribution is -0.114. The Morgan fingerprint density at radius 2 is 1.33 bits per heavy atom. The molecule has 4 nitrogen and oxygen atoms in total. The van der Waals surface area contributed by atoms with Crippen LogP contribution in [0.5, 0.6) is 0 Å². The van der Waals surface area contributed by atoms with Crippen molar-refractivity contribution in [1.29, 1.82) is 0 Å². The molecule has 124 valence electrons. The van der Waals surface area contributed by atoms with Crippen molar-refractivity contribution in [3.63, 3.8) is 0 Å². The van der Waals surface area contributed by atoms with Crippen LogP contribution in [0.2, 0.25) is 0 Å². The topological polar surface area (TPSA) is 30.2 Å². The maximum Gasteiger partial charge on any atom is 0.188 e. The number of aromatic nitrogens is 2. The molecule has 0 N–H and O–H groups in total. The number of aryl methyl sites for hydroxylation is 2. The molecule has 0 aliphatic carbocycles. The average Bonchev–Trinajstić information content (AvgIpc) is 3.22. The van der Waals surface area contributed by atoms with Gasteiger partial charge in [-0.25, -0.2) is 0 Å². The fraction of sp³-hybridized carbons (Fsp3) is 0.350. The highest BCUT2D eigenvalue weighted by atomic mass is 16.1. The van der Waals surface area contributed by atoms with Gasteiger partial charge in [0.05, 0.1) is 0 Å². The van der Waals surface area contributed by atoms with Gasteiger partial charge >= 0.3 is 0 Å². The fourth-order valence-electron chi connectivity index (χ4n) is 4.05. The van der Waals surface area contributed by atoms with E-state index in [2.05, 4.69) is 45.4 Å². The van der Waals surface area contributed by atoms with E-state index in [0.29, 0.717) is 0 Å². The van der Waals surface area contributed by atoms with Gasteiger partial charge in [0.1, 0.15) is 0 Å². The highest BCUT2D eigenvalue weighted by Crippen LogP contribution is 2.40. The Bertz CT molecular complexity index is 784. The molecule has 2 fully saturated rings. The van der Waals surface area contributed by atoms with Crippen LogP contribution in [0, 0.1) is 0 Å². The second-order valence-corrected chi connectivity index (χ2v) is 6.89. The van der Waals surface area contributed by atoms with E-state index in [1.54, 1.807) is 0 Å². The second kappa shape index (κ2) is 5.64. The van der Waals surface area contributed by atoms with Crippen LogP contribution < -0.4 is 0 Å². The van der Waals surface area contributed by atoms with Crippen LogP contribution in [0.15, 0.2) is 47.8 Å². The molecule has 0 aromatic carbocycles. The van der Waals surface area contributed by atoms with E-state index in [0.717, 1.165) is 35.4 Å². The molecule has 2 aromatic heterocycles. The van der Waals surface area contributed by atoms with Gasteiger partial charge in [0.25, 0.3) is 0 Å². The van der Waals surface area contributed by atoms with Gasteiger partial charge < -0.3 is 9.13 Å². The summed E-state index contributed by atoms with van der Waals surface area (Å²) in [6.07, 6.45) is 10.3. The van der Waals surface area contributed by atoms with Crippen LogP contribution in [0.4, 0.5) is 0 Å². The molecule has 0 radical (unpaired) electrons. The standard InChI is InChI=1S/C20H23N3O/c1-21-10-4-6-14(21)12-16-18-8-9-19(23(18)3)17(20(16)24)13-15-7-5-11-22(15)2/h4-7,10-13,18-19H,8-9H2,1-3H3. The molecule has 2 saturated heterocycles. The Balaban J connectivity index is 1.81. The molecule has 2 aliphatic rings. The van der Waals surface area contributed by atoms with Gasteiger partial charge in [-0.1, -0.05) is 0 Å². The van der Waals surface area contributed by atoms with Crippen LogP contribution in [-0.4, -0.2) is 38.9 Å². The summed E-state index contributed by atoms with van der Waals surface area (Å²) in [6.45, 7) is 0. The van der Waals surface area contributed by atoms with Gasteiger partial charge in [0.15, 0.2) is 5.78 Å². The number of carbonyl (C=O) groups is 1. The van der Waals surface area contributed by atoms with Crippen LogP contribution in [0.25, 0.3) is 12.2 Å². The van der Waals surface area contributed by atoms with Crippen molar-refractivity contribution in [2.45, 2.75) is 24.9 Å². The minimum atomic E-state index is 0.211. The molecule has 2 aromatic rings. The van der Waals surface area contributed by atoms with Gasteiger partial charge in [-0.05, 0) is 56.3 Å². The zero-order valence-electron chi connectivity index (χ0n) is 14.4. The molecule has 0 spiro atoms. The number of hydrogen-bond donors (Lipinski definition) is 0. The van der Waals surface area contributed by atoms with Crippen LogP contribution in [0.1, 0.15) is 24.2 Å². The fourth-order valence-corrected chi connectivity index (χ4v) is 4.05. The van der Waals surface area contributed by atoms with Crippen molar-refractivity contribution in [3.8, 4) is 0 Å². The molecule has 2 atom stereocenters. The number of Topliss-reactive ketones (excluding diaryl/α,β-unsaturated/α-hetero) is 1. The molecule has 4 heterocycles. The third kappa shape index (κ3) is 2.29. The number of carbonyl (C=O) groups excluding carboxylic acids is 1. The summed E-state index contributed by atoms with van der Waals surface area (Å²) in [7, 11) is 6.18. The normalized spacial score (nSPS) is 27.5. The third-order valence-corrected chi connectivity index (χ3v) is 5.51. The first-order valence-electron chi connectivity index (χ1n) is 8.49. The monoisotopic (exact) mass is 321 g/mol. The van der Waals surface area contributed by atoms with E-state index >= 15 is 0 Å². The summed E-state index contributed by atoms with van der Waals surface area (Å²) in [6, 6.07) is 8.62. The van der Waals surface area contributed by atoms with Gasteiger partial charge in [0, 0.05) is 61.1 Å². The Labute approximate surface area is 142 Å². The lowest BCUT2D eigenvalue weighted by atomic mass is 9.89. The van der Waals surface area contributed by atoms with Crippen LogP contribution in [-0.2, 0) is 18.9 Å². The smallest absolute Gasteiger partial charge is 0.188 e. The first-order valence-corrected chi connectivity index (χ1v) is 8.49. The Hall–Kier alpha value is -2.33. The van der Waals surface area contributed by atoms with Gasteiger partial charge in [-0.2, -0.15) is 0 Å². The number of hydrogen-bond acceptors (Lipinski definition) is 2. The number of likely N-dealkylation sites (N-methyl/N-ethyl adjacent to an activating group) is 1. The lowest BCUT2D eigenvalue weighted by Gasteiger charge is -2.34. The van der Waals surface area contributed by atoms with E-state index in [4.69, 9.17) is 0 Å². The number of ketones is 1. The number of piperidine rings is 1. The third-order valence-electron chi connectivity index (χ3n) is 5.51. The van der Waals surface area contributed by atoms with E-state index in [-0.39, 0.29) is 17.9 Å². The van der Waals surface area contributed by atoms with Crippen molar-refractivity contribution in [2.75, 3.05) is 7.05 Å². The van der Waals surface area contributed by atoms with Crippen LogP contribution in [0.3, 0.4) is 0 Å². The molecule has 0 saturated carbocycles. The van der Waals surface area contributed by atoms with Crippen molar-refractivity contribution >= 4 is 17.9 Å². The largest absolute Gasteiger partial charge is 0.351 e. The van der Waals surface area contributed by atoms with Gasteiger partial charge in [-0.3, -0.25) is 9.69 Å². The number of rotatable bonds is 2. The second-order valence-electron chi connectivity index (χ2n) is 6.89. The quantitative estimate of drug-likeness (QED) is 0.796. The van der Waals surface area contributed by atoms with Crippen LogP contribution >= 0.6 is 0 Å². The Morgan fingerprint density at radius 1 is 0.875 bits per heavy atom. The van der Waals surface area contributed by atoms with E-state index in [1.165, 1.54) is 0 Å². The highest BCUT2D eigenvalue weighted by Gasteiger charge is 2.44. The number of fused-ring (bicyclic) bond motifs is 2. The summed E-state index contributed by atoms with van der Waals surface area (Å²) in [5.41, 5.74) is 4.01. The first kappa shape index (κ1) is 15.2. The molecule has 2 bridgehead atoms. The average molecular weight is 321 g/mol. The first-order chi connectivity index (χ1) is 11.6. The molecule has 24 heavy (non-hydrogen) atoms. The number of nitrogens with zero attached hydrogens (tertiary/aromatic N) is 3. The van der Waals surface area contributed by atoms with Gasteiger partial charge in [0.2, 0.25) is 0 Å². The molecular formula is C20H23N3O. The van der Waals surface area contributed by atoms with Crippen molar-refractivity contribution in [3.05, 3.63) is 59.2 Å². The molecule has 2 aliphatic heterocycles. The summed E-state index contributed by atoms with van der Waals surface area (Å²) >= 11 is 0. The molecule has 2 unspecified atom stereocenters. The Morgan fingerprint density at radius 3 is 1.71 bits per heavy atom. The van der Waals surface area contributed by atoms with E-state index < -0.39 is 0 Å². The maximum atomic E-state index is 13.2. The Kier molecular flexibility index (Phi) is 3.57. The lowest BCUT2D eigenvalue weighted by Crippen LogP contribution is -2.43. The summed E-state index contributed by atoms with van der Waals surface area (Å²) in [5, 5.41) is 0. The molecule has 4 rings (SSSR count). The molecule has 0 amide bonds. The predicted molar refractivity (Wildman–Crippen MR) is 96.4 cm³/mol. The zero-order chi connectivity index (χ0) is 16.8. The minimum Gasteiger partial charge on any atom is -0.351 e. The summed E-state index contributed by atoms with van der Waals surface area (Å²) in [5.74, 6) is 0.211. The van der Waals surface area contributed by atoms with E-state index in [1.807, 2.05) is 38.6 Å². The SMILES string of the molecule is CN1C2CCC1C(=Cc1cccn1C)C(=O)C2=Cc1cccn1C. The van der Waals surface area contributed by atoms with Gasteiger partial charge in [-0.15, -0.1) is 0 Å². The van der Waals surface area contributed by atoms with E-state index in [9.17, 15) is 4.79 Å². The minimum absolute atomic E-state index is 0.211. The van der Waals surface area contributed by atoms with Crippen molar-refractivity contribution in [1.82, 2.24) is 14.0 Å². The highest BCUT2D eigenvalue weighted by molar-refractivity contribution is 6.16. The summed E-state index contributed by atoms with van der Waals surface area (Å²) < 4.78 is 4.11. The maximum absolute atomic E-state index is 13.2. The summed E-state index contributed by atoms with van der Waals surface area (Å²) in [4.78, 5) is 15.6.